The molecule has 2 unspecified atom stereocenters. The SMILES string of the molecule is COc1ccc(C=C2CCCC3C2=NN(C(=O)COC(=O)c2ccc(C)c(N)c2)C3c2ccc(OC)cc2)cc1. The van der Waals surface area contributed by atoms with Crippen molar-refractivity contribution in [3.63, 3.8) is 0 Å². The monoisotopic (exact) mass is 539 g/mol. The summed E-state index contributed by atoms with van der Waals surface area (Å²) in [5.74, 6) is 0.547. The average Bonchev–Trinajstić information content (AvgIpc) is 3.38. The smallest absolute Gasteiger partial charge is 0.338 e. The first kappa shape index (κ1) is 27.0. The Bertz CT molecular complexity index is 1460. The van der Waals surface area contributed by atoms with Crippen LogP contribution in [0.1, 0.15) is 52.4 Å². The van der Waals surface area contributed by atoms with Crippen molar-refractivity contribution in [2.45, 2.75) is 32.2 Å². The Kier molecular flexibility index (Phi) is 7.86. The van der Waals surface area contributed by atoms with Crippen LogP contribution >= 0.6 is 0 Å². The van der Waals surface area contributed by atoms with Crippen LogP contribution in [0.5, 0.6) is 11.5 Å². The highest BCUT2D eigenvalue weighted by atomic mass is 16.5. The van der Waals surface area contributed by atoms with Crippen LogP contribution in [-0.2, 0) is 9.53 Å². The molecular weight excluding hydrogens is 506 g/mol. The number of hydrogen-bond donors (Lipinski definition) is 1. The lowest BCUT2D eigenvalue weighted by molar-refractivity contribution is -0.137. The molecule has 8 heteroatoms. The third kappa shape index (κ3) is 5.57. The maximum absolute atomic E-state index is 13.5. The number of hydrogen-bond acceptors (Lipinski definition) is 7. The number of ether oxygens (including phenoxy) is 3. The number of amides is 1. The molecule has 2 N–H and O–H groups in total. The Morgan fingerprint density at radius 2 is 1.68 bits per heavy atom. The molecule has 1 saturated carbocycles. The fourth-order valence-corrected chi connectivity index (χ4v) is 5.29. The number of nitrogens with two attached hydrogens (primary N) is 1. The Balaban J connectivity index is 1.43. The molecule has 0 aromatic heterocycles. The Morgan fingerprint density at radius 1 is 1.00 bits per heavy atom. The molecule has 2 atom stereocenters. The molecule has 1 fully saturated rings. The van der Waals surface area contributed by atoms with Crippen LogP contribution in [0.4, 0.5) is 5.69 Å². The number of methoxy groups -OCH3 is 2. The van der Waals surface area contributed by atoms with Crippen LogP contribution in [0.3, 0.4) is 0 Å². The molecule has 206 valence electrons. The third-order valence-corrected chi connectivity index (χ3v) is 7.51. The number of aryl methyl sites for hydroxylation is 1. The molecule has 0 radical (unpaired) electrons. The van der Waals surface area contributed by atoms with Crippen LogP contribution in [-0.4, -0.2) is 43.4 Å². The van der Waals surface area contributed by atoms with Gasteiger partial charge in [-0.3, -0.25) is 4.79 Å². The first-order chi connectivity index (χ1) is 19.4. The molecule has 8 nitrogen and oxygen atoms in total. The lowest BCUT2D eigenvalue weighted by Crippen LogP contribution is -2.34. The number of fused-ring (bicyclic) bond motifs is 1. The number of nitrogen functional groups attached to an aromatic ring is 1. The molecule has 2 aliphatic rings. The molecule has 40 heavy (non-hydrogen) atoms. The van der Waals surface area contributed by atoms with Crippen molar-refractivity contribution < 1.29 is 23.8 Å². The Hall–Kier alpha value is -4.59. The van der Waals surface area contributed by atoms with Crippen LogP contribution in [0.25, 0.3) is 6.08 Å². The number of rotatable bonds is 7. The minimum Gasteiger partial charge on any atom is -0.497 e. The van der Waals surface area contributed by atoms with Crippen molar-refractivity contribution in [3.05, 3.63) is 94.6 Å². The summed E-state index contributed by atoms with van der Waals surface area (Å²) >= 11 is 0. The van der Waals surface area contributed by atoms with E-state index < -0.39 is 12.6 Å². The van der Waals surface area contributed by atoms with Crippen LogP contribution in [0, 0.1) is 12.8 Å². The van der Waals surface area contributed by atoms with Gasteiger partial charge >= 0.3 is 5.97 Å². The fraction of sp³-hybridized carbons (Fsp3) is 0.281. The molecule has 5 rings (SSSR count). The van der Waals surface area contributed by atoms with Crippen LogP contribution < -0.4 is 15.2 Å². The molecule has 1 amide bonds. The van der Waals surface area contributed by atoms with E-state index in [-0.39, 0.29) is 17.9 Å². The van der Waals surface area contributed by atoms with E-state index in [0.29, 0.717) is 11.3 Å². The Morgan fingerprint density at radius 3 is 2.33 bits per heavy atom. The highest BCUT2D eigenvalue weighted by Gasteiger charge is 2.43. The summed E-state index contributed by atoms with van der Waals surface area (Å²) in [6.07, 6.45) is 4.86. The van der Waals surface area contributed by atoms with E-state index in [2.05, 4.69) is 6.08 Å². The second-order valence-corrected chi connectivity index (χ2v) is 10.0. The topological polar surface area (TPSA) is 103 Å². The van der Waals surface area contributed by atoms with E-state index in [1.807, 2.05) is 55.5 Å². The van der Waals surface area contributed by atoms with Gasteiger partial charge in [-0.05, 0) is 90.9 Å². The minimum absolute atomic E-state index is 0.0168. The minimum atomic E-state index is -0.606. The van der Waals surface area contributed by atoms with Gasteiger partial charge in [0.2, 0.25) is 0 Å². The summed E-state index contributed by atoms with van der Waals surface area (Å²) in [5.41, 5.74) is 11.6. The lowest BCUT2D eigenvalue weighted by atomic mass is 9.77. The standard InChI is InChI=1S/C32H33N3O5/c1-20-7-10-24(18-28(20)33)32(37)40-19-29(36)35-31(22-11-15-26(39-3)16-12-22)27-6-4-5-23(30(27)34-35)17-21-8-13-25(38-2)14-9-21/h7-18,27,31H,4-6,19,33H2,1-3H3. The second kappa shape index (κ2) is 11.7. The second-order valence-electron chi connectivity index (χ2n) is 10.0. The first-order valence-corrected chi connectivity index (χ1v) is 13.3. The van der Waals surface area contributed by atoms with E-state index in [1.54, 1.807) is 32.4 Å². The summed E-state index contributed by atoms with van der Waals surface area (Å²) in [7, 11) is 3.26. The molecule has 0 spiro atoms. The number of esters is 1. The molecule has 1 aliphatic carbocycles. The number of carbonyl (C=O) groups excluding carboxylic acids is 2. The molecule has 1 aliphatic heterocycles. The zero-order valence-electron chi connectivity index (χ0n) is 22.9. The summed E-state index contributed by atoms with van der Waals surface area (Å²) < 4.78 is 16.0. The fourth-order valence-electron chi connectivity index (χ4n) is 5.29. The van der Waals surface area contributed by atoms with Crippen LogP contribution in [0.2, 0.25) is 0 Å². The number of allylic oxidation sites excluding steroid dienone is 1. The van der Waals surface area contributed by atoms with Crippen molar-refractivity contribution in [3.8, 4) is 11.5 Å². The summed E-state index contributed by atoms with van der Waals surface area (Å²) in [6, 6.07) is 20.2. The largest absolute Gasteiger partial charge is 0.497 e. The van der Waals surface area contributed by atoms with Gasteiger partial charge in [-0.15, -0.1) is 0 Å². The normalized spacial score (nSPS) is 19.1. The van der Waals surface area contributed by atoms with Crippen molar-refractivity contribution in [1.29, 1.82) is 0 Å². The third-order valence-electron chi connectivity index (χ3n) is 7.51. The van der Waals surface area contributed by atoms with Gasteiger partial charge in [0, 0.05) is 11.6 Å². The van der Waals surface area contributed by atoms with E-state index in [1.165, 1.54) is 5.01 Å². The van der Waals surface area contributed by atoms with Gasteiger partial charge in [0.25, 0.3) is 5.91 Å². The van der Waals surface area contributed by atoms with Crippen molar-refractivity contribution >= 4 is 29.4 Å². The van der Waals surface area contributed by atoms with E-state index >= 15 is 0 Å². The molecular formula is C32H33N3O5. The van der Waals surface area contributed by atoms with E-state index in [4.69, 9.17) is 25.0 Å². The maximum atomic E-state index is 13.5. The van der Waals surface area contributed by atoms with Gasteiger partial charge in [-0.1, -0.05) is 30.3 Å². The number of benzene rings is 3. The summed E-state index contributed by atoms with van der Waals surface area (Å²) in [4.78, 5) is 26.2. The van der Waals surface area contributed by atoms with Crippen molar-refractivity contribution in [1.82, 2.24) is 5.01 Å². The van der Waals surface area contributed by atoms with Gasteiger partial charge in [-0.25, -0.2) is 9.80 Å². The van der Waals surface area contributed by atoms with Gasteiger partial charge in [-0.2, -0.15) is 5.10 Å². The summed E-state index contributed by atoms with van der Waals surface area (Å²) in [5, 5.41) is 6.35. The lowest BCUT2D eigenvalue weighted by Gasteiger charge is -2.29. The maximum Gasteiger partial charge on any atom is 0.338 e. The quantitative estimate of drug-likeness (QED) is 0.311. The highest BCUT2D eigenvalue weighted by molar-refractivity contribution is 6.08. The molecule has 0 saturated heterocycles. The zero-order chi connectivity index (χ0) is 28.2. The molecule has 0 bridgehead atoms. The predicted molar refractivity (Wildman–Crippen MR) is 154 cm³/mol. The van der Waals surface area contributed by atoms with Gasteiger partial charge < -0.3 is 19.9 Å². The van der Waals surface area contributed by atoms with E-state index in [9.17, 15) is 9.59 Å². The predicted octanol–water partition coefficient (Wildman–Crippen LogP) is 5.57. The van der Waals surface area contributed by atoms with Gasteiger partial charge in [0.1, 0.15) is 11.5 Å². The van der Waals surface area contributed by atoms with Crippen LogP contribution in [0.15, 0.2) is 77.4 Å². The highest BCUT2D eigenvalue weighted by Crippen LogP contribution is 2.44. The van der Waals surface area contributed by atoms with Gasteiger partial charge in [0.15, 0.2) is 6.61 Å². The van der Waals surface area contributed by atoms with E-state index in [0.717, 1.165) is 58.7 Å². The number of nitrogens with zero attached hydrogens (tertiary/aromatic N) is 2. The summed E-state index contributed by atoms with van der Waals surface area (Å²) in [6.45, 7) is 1.43. The average molecular weight is 540 g/mol. The van der Waals surface area contributed by atoms with Crippen molar-refractivity contribution in [2.75, 3.05) is 26.6 Å². The Labute approximate surface area is 234 Å². The number of carbonyl (C=O) groups is 2. The van der Waals surface area contributed by atoms with Crippen molar-refractivity contribution in [2.24, 2.45) is 11.0 Å². The first-order valence-electron chi connectivity index (χ1n) is 13.3. The molecule has 1 heterocycles. The zero-order valence-corrected chi connectivity index (χ0v) is 22.9. The number of hydrazone groups is 1. The molecule has 3 aromatic carbocycles. The molecule has 3 aromatic rings. The van der Waals surface area contributed by atoms with Gasteiger partial charge in [0.05, 0.1) is 31.5 Å². The number of anilines is 1.